The van der Waals surface area contributed by atoms with Gasteiger partial charge in [-0.05, 0) is 79.7 Å². The van der Waals surface area contributed by atoms with Crippen molar-refractivity contribution in [2.45, 2.75) is 115 Å². The maximum absolute atomic E-state index is 12.9. The van der Waals surface area contributed by atoms with E-state index in [0.29, 0.717) is 36.8 Å². The van der Waals surface area contributed by atoms with Crippen molar-refractivity contribution in [3.05, 3.63) is 71.8 Å². The fraction of sp³-hybridized carbons (Fsp3) is 0.579. The average Bonchev–Trinajstić information content (AvgIpc) is 2.99. The Kier molecular flexibility index (Phi) is 11.4. The molecule has 2 fully saturated rings. The monoisotopic (exact) mass is 664 g/mol. The van der Waals surface area contributed by atoms with Gasteiger partial charge in [0, 0.05) is 47.8 Å². The minimum absolute atomic E-state index is 0.0547. The summed E-state index contributed by atoms with van der Waals surface area (Å²) in [5.74, 6) is -1.53. The highest BCUT2D eigenvalue weighted by molar-refractivity contribution is 5.90. The highest BCUT2D eigenvalue weighted by atomic mass is 16.6. The Bertz CT molecular complexity index is 1290. The van der Waals surface area contributed by atoms with Crippen molar-refractivity contribution in [1.29, 1.82) is 0 Å². The summed E-state index contributed by atoms with van der Waals surface area (Å²) in [6.07, 6.45) is 1.69. The van der Waals surface area contributed by atoms with E-state index in [1.165, 1.54) is 0 Å². The van der Waals surface area contributed by atoms with Gasteiger partial charge in [-0.1, -0.05) is 36.4 Å². The summed E-state index contributed by atoms with van der Waals surface area (Å²) in [6.45, 7) is 16.3. The van der Waals surface area contributed by atoms with Crippen molar-refractivity contribution in [3.63, 3.8) is 0 Å². The summed E-state index contributed by atoms with van der Waals surface area (Å²) in [7, 11) is 0. The maximum Gasteiger partial charge on any atom is 0.338 e. The quantitative estimate of drug-likeness (QED) is 0.165. The Labute approximate surface area is 285 Å². The van der Waals surface area contributed by atoms with Crippen LogP contribution in [0.4, 0.5) is 0 Å². The predicted octanol–water partition coefficient (Wildman–Crippen LogP) is 5.83. The minimum Gasteiger partial charge on any atom is -0.461 e. The Balaban J connectivity index is 1.22. The molecule has 0 aromatic heterocycles. The molecule has 2 aliphatic heterocycles. The number of piperidine rings is 2. The molecule has 0 radical (unpaired) electrons. The first kappa shape index (κ1) is 37.1. The zero-order valence-corrected chi connectivity index (χ0v) is 29.7. The van der Waals surface area contributed by atoms with E-state index in [1.807, 2.05) is 67.5 Å². The van der Waals surface area contributed by atoms with Crippen molar-refractivity contribution >= 4 is 23.9 Å². The first-order valence-corrected chi connectivity index (χ1v) is 16.8. The lowest BCUT2D eigenvalue weighted by atomic mass is 9.78. The average molecular weight is 665 g/mol. The summed E-state index contributed by atoms with van der Waals surface area (Å²) in [4.78, 5) is 55.4. The molecule has 0 atom stereocenters. The Hall–Kier alpha value is -3.76. The highest BCUT2D eigenvalue weighted by Crippen LogP contribution is 2.41. The van der Waals surface area contributed by atoms with Gasteiger partial charge in [0.25, 0.3) is 0 Å². The van der Waals surface area contributed by atoms with Crippen molar-refractivity contribution < 1.29 is 38.1 Å². The smallest absolute Gasteiger partial charge is 0.338 e. The maximum atomic E-state index is 12.9. The van der Waals surface area contributed by atoms with Crippen LogP contribution in [0, 0.1) is 0 Å². The molecule has 0 saturated carbocycles. The number of carbonyl (C=O) groups is 4. The molecule has 2 aromatic carbocycles. The zero-order chi connectivity index (χ0) is 35.3. The number of hydrogen-bond donors (Lipinski definition) is 0. The first-order chi connectivity index (χ1) is 22.4. The van der Waals surface area contributed by atoms with Crippen molar-refractivity contribution in [2.24, 2.45) is 0 Å². The molecule has 10 nitrogen and oxygen atoms in total. The fourth-order valence-corrected chi connectivity index (χ4v) is 7.72. The van der Waals surface area contributed by atoms with E-state index in [-0.39, 0.29) is 50.4 Å². The summed E-state index contributed by atoms with van der Waals surface area (Å²) in [6, 6.07) is 17.9. The van der Waals surface area contributed by atoms with Crippen LogP contribution in [0.3, 0.4) is 0 Å². The Morgan fingerprint density at radius 2 is 0.833 bits per heavy atom. The number of carbonyl (C=O) groups excluding carboxylic acids is 4. The van der Waals surface area contributed by atoms with Crippen LogP contribution in [0.15, 0.2) is 60.7 Å². The van der Waals surface area contributed by atoms with E-state index in [1.54, 1.807) is 48.5 Å². The molecule has 0 spiro atoms. The molecular weight excluding hydrogens is 612 g/mol. The number of ether oxygens (including phenoxy) is 4. The van der Waals surface area contributed by atoms with Crippen LogP contribution in [0.5, 0.6) is 0 Å². The Morgan fingerprint density at radius 3 is 1.12 bits per heavy atom. The molecule has 10 heteroatoms. The molecule has 2 aliphatic rings. The van der Waals surface area contributed by atoms with Crippen molar-refractivity contribution in [1.82, 2.24) is 9.80 Å². The third-order valence-corrected chi connectivity index (χ3v) is 9.58. The van der Waals surface area contributed by atoms with Crippen LogP contribution >= 0.6 is 0 Å². The summed E-state index contributed by atoms with van der Waals surface area (Å²) >= 11 is 0. The second-order valence-corrected chi connectivity index (χ2v) is 15.5. The van der Waals surface area contributed by atoms with E-state index in [9.17, 15) is 19.2 Å². The molecule has 262 valence electrons. The van der Waals surface area contributed by atoms with Crippen LogP contribution < -0.4 is 0 Å². The minimum atomic E-state index is -0.443. The SMILES string of the molecule is CC1(C)CC(OC(=O)c2ccccc2)CC(C)(C)N1CC(=O)OCCOC(=O)CN1C(C)(C)CC(OC(=O)c2ccccc2)CC1(C)C. The number of hydrogen-bond acceptors (Lipinski definition) is 10. The van der Waals surface area contributed by atoms with Crippen molar-refractivity contribution in [2.75, 3.05) is 26.3 Å². The standard InChI is InChI=1S/C38H52N2O8/c1-35(2)21-29(47-33(43)27-15-11-9-12-16-27)22-36(3,4)39(35)25-31(41)45-19-20-46-32(42)26-40-37(5,6)23-30(24-38(40,7)8)48-34(44)28-17-13-10-14-18-28/h9-18,29-30H,19-26H2,1-8H3. The molecule has 0 amide bonds. The van der Waals surface area contributed by atoms with Crippen LogP contribution in [0.1, 0.15) is 102 Å². The van der Waals surface area contributed by atoms with Gasteiger partial charge in [-0.25, -0.2) is 9.59 Å². The third kappa shape index (κ3) is 9.44. The third-order valence-electron chi connectivity index (χ3n) is 9.58. The molecule has 0 aliphatic carbocycles. The molecule has 0 N–H and O–H groups in total. The molecule has 4 rings (SSSR count). The molecule has 2 saturated heterocycles. The topological polar surface area (TPSA) is 112 Å². The molecule has 0 bridgehead atoms. The van der Waals surface area contributed by atoms with E-state index in [0.717, 1.165) is 0 Å². The molecule has 0 unspecified atom stereocenters. The number of esters is 4. The number of nitrogens with zero attached hydrogens (tertiary/aromatic N) is 2. The van der Waals surface area contributed by atoms with Gasteiger partial charge in [0.15, 0.2) is 0 Å². The largest absolute Gasteiger partial charge is 0.461 e. The lowest BCUT2D eigenvalue weighted by molar-refractivity contribution is -0.162. The highest BCUT2D eigenvalue weighted by Gasteiger charge is 2.48. The van der Waals surface area contributed by atoms with Crippen LogP contribution in [-0.2, 0) is 28.5 Å². The zero-order valence-electron chi connectivity index (χ0n) is 29.7. The van der Waals surface area contributed by atoms with Gasteiger partial charge in [0.05, 0.1) is 24.2 Å². The lowest BCUT2D eigenvalue weighted by Crippen LogP contribution is -2.63. The van der Waals surface area contributed by atoms with Crippen molar-refractivity contribution in [3.8, 4) is 0 Å². The van der Waals surface area contributed by atoms with E-state index in [4.69, 9.17) is 18.9 Å². The summed E-state index contributed by atoms with van der Waals surface area (Å²) in [5.41, 5.74) is -0.745. The van der Waals surface area contributed by atoms with Gasteiger partial charge in [-0.2, -0.15) is 0 Å². The summed E-state index contributed by atoms with van der Waals surface area (Å²) in [5, 5.41) is 0. The van der Waals surface area contributed by atoms with Gasteiger partial charge in [0.1, 0.15) is 25.4 Å². The van der Waals surface area contributed by atoms with Gasteiger partial charge in [-0.15, -0.1) is 0 Å². The van der Waals surface area contributed by atoms with E-state index in [2.05, 4.69) is 9.80 Å². The van der Waals surface area contributed by atoms with E-state index < -0.39 is 34.1 Å². The number of benzene rings is 2. The Morgan fingerprint density at radius 1 is 0.542 bits per heavy atom. The van der Waals surface area contributed by atoms with Crippen LogP contribution in [0.2, 0.25) is 0 Å². The molecular formula is C38H52N2O8. The molecule has 2 heterocycles. The van der Waals surface area contributed by atoms with Gasteiger partial charge in [-0.3, -0.25) is 19.4 Å². The molecule has 2 aromatic rings. The van der Waals surface area contributed by atoms with E-state index >= 15 is 0 Å². The van der Waals surface area contributed by atoms with Gasteiger partial charge >= 0.3 is 23.9 Å². The number of rotatable bonds is 11. The second-order valence-electron chi connectivity index (χ2n) is 15.5. The fourth-order valence-electron chi connectivity index (χ4n) is 7.72. The predicted molar refractivity (Wildman–Crippen MR) is 181 cm³/mol. The van der Waals surface area contributed by atoms with Crippen LogP contribution in [0.25, 0.3) is 0 Å². The normalized spacial score (nSPS) is 20.8. The lowest BCUT2D eigenvalue weighted by Gasteiger charge is -2.54. The van der Waals surface area contributed by atoms with Gasteiger partial charge in [0.2, 0.25) is 0 Å². The van der Waals surface area contributed by atoms with Gasteiger partial charge < -0.3 is 18.9 Å². The molecule has 48 heavy (non-hydrogen) atoms. The second kappa shape index (κ2) is 14.8. The van der Waals surface area contributed by atoms with Crippen LogP contribution in [-0.4, -0.2) is 94.3 Å². The first-order valence-electron chi connectivity index (χ1n) is 16.8. The summed E-state index contributed by atoms with van der Waals surface area (Å²) < 4.78 is 22.7. The number of likely N-dealkylation sites (tertiary alicyclic amines) is 2.